The van der Waals surface area contributed by atoms with Crippen LogP contribution < -0.4 is 0 Å². The Bertz CT molecular complexity index is 188. The van der Waals surface area contributed by atoms with E-state index >= 15 is 0 Å². The Kier molecular flexibility index (Phi) is 1.78. The highest BCUT2D eigenvalue weighted by Gasteiger charge is 2.30. The van der Waals surface area contributed by atoms with Gasteiger partial charge >= 0.3 is 0 Å². The average molecular weight is 149 g/mol. The van der Waals surface area contributed by atoms with Crippen LogP contribution in [-0.4, -0.2) is 0 Å². The molecule has 0 bridgehead atoms. The molecule has 11 heavy (non-hydrogen) atoms. The lowest BCUT2D eigenvalue weighted by atomic mass is 9.78. The minimum atomic E-state index is 0.934. The van der Waals surface area contributed by atoms with E-state index < -0.39 is 0 Å². The van der Waals surface area contributed by atoms with Gasteiger partial charge in [-0.15, -0.1) is 0 Å². The molecule has 0 heterocycles. The van der Waals surface area contributed by atoms with Crippen molar-refractivity contribution in [2.75, 3.05) is 0 Å². The molecule has 2 rings (SSSR count). The van der Waals surface area contributed by atoms with Crippen molar-refractivity contribution in [3.05, 3.63) is 17.6 Å². The quantitative estimate of drug-likeness (QED) is 0.495. The average Bonchev–Trinajstić information content (AvgIpc) is 2.35. The molecular formula is C11H17. The van der Waals surface area contributed by atoms with Gasteiger partial charge in [0.2, 0.25) is 0 Å². The van der Waals surface area contributed by atoms with Gasteiger partial charge in [0.25, 0.3) is 0 Å². The zero-order chi connectivity index (χ0) is 7.84. The fraction of sp³-hybridized carbons (Fsp3) is 0.727. The Morgan fingerprint density at radius 3 is 2.91 bits per heavy atom. The zero-order valence-corrected chi connectivity index (χ0v) is 7.56. The minimum Gasteiger partial charge on any atom is -0.0735 e. The predicted molar refractivity (Wildman–Crippen MR) is 48.1 cm³/mol. The summed E-state index contributed by atoms with van der Waals surface area (Å²) >= 11 is 0. The molecular weight excluding hydrogens is 132 g/mol. The molecule has 0 saturated heterocycles. The molecule has 2 unspecified atom stereocenters. The first-order valence-corrected chi connectivity index (χ1v) is 4.82. The van der Waals surface area contributed by atoms with Crippen LogP contribution in [0.1, 0.15) is 39.5 Å². The Morgan fingerprint density at radius 2 is 2.18 bits per heavy atom. The molecule has 1 radical (unpaired) electrons. The summed E-state index contributed by atoms with van der Waals surface area (Å²) in [5, 5.41) is 0. The first-order valence-electron chi connectivity index (χ1n) is 4.82. The largest absolute Gasteiger partial charge is 0.0735 e. The second-order valence-electron chi connectivity index (χ2n) is 4.14. The van der Waals surface area contributed by atoms with Crippen molar-refractivity contribution in [2.24, 2.45) is 11.8 Å². The van der Waals surface area contributed by atoms with Crippen molar-refractivity contribution in [1.29, 1.82) is 0 Å². The lowest BCUT2D eigenvalue weighted by molar-refractivity contribution is 0.357. The molecule has 0 aromatic rings. The maximum atomic E-state index is 2.48. The topological polar surface area (TPSA) is 0 Å². The fourth-order valence-electron chi connectivity index (χ4n) is 2.61. The molecule has 2 aliphatic carbocycles. The monoisotopic (exact) mass is 149 g/mol. The molecule has 0 aliphatic heterocycles. The van der Waals surface area contributed by atoms with Crippen molar-refractivity contribution in [3.8, 4) is 0 Å². The summed E-state index contributed by atoms with van der Waals surface area (Å²) in [6, 6.07) is 0. The van der Waals surface area contributed by atoms with E-state index in [4.69, 9.17) is 0 Å². The number of hydrogen-bond acceptors (Lipinski definition) is 0. The molecule has 0 heteroatoms. The van der Waals surface area contributed by atoms with E-state index in [2.05, 4.69) is 20.3 Å². The summed E-state index contributed by atoms with van der Waals surface area (Å²) in [4.78, 5) is 0. The van der Waals surface area contributed by atoms with E-state index in [0.717, 1.165) is 11.8 Å². The van der Waals surface area contributed by atoms with Gasteiger partial charge in [0.15, 0.2) is 0 Å². The molecule has 2 atom stereocenters. The normalized spacial score (nSPS) is 37.6. The minimum absolute atomic E-state index is 0.934. The molecule has 0 amide bonds. The number of hydrogen-bond donors (Lipinski definition) is 0. The third-order valence-electron chi connectivity index (χ3n) is 3.40. The first kappa shape index (κ1) is 7.39. The summed E-state index contributed by atoms with van der Waals surface area (Å²) in [5.74, 6) is 1.89. The van der Waals surface area contributed by atoms with Gasteiger partial charge in [-0.2, -0.15) is 0 Å². The number of rotatable bonds is 0. The van der Waals surface area contributed by atoms with Crippen molar-refractivity contribution in [3.63, 3.8) is 0 Å². The van der Waals surface area contributed by atoms with Crippen molar-refractivity contribution < 1.29 is 0 Å². The van der Waals surface area contributed by atoms with Crippen LogP contribution in [0.15, 0.2) is 11.1 Å². The highest BCUT2D eigenvalue weighted by Crippen LogP contribution is 2.43. The summed E-state index contributed by atoms with van der Waals surface area (Å²) < 4.78 is 0. The SMILES string of the molecule is CC1=C2[CH]CCC(C)C2CC1. The molecule has 0 nitrogen and oxygen atoms in total. The van der Waals surface area contributed by atoms with Gasteiger partial charge in [0.1, 0.15) is 0 Å². The standard InChI is InChI=1S/C11H17/c1-8-4-3-5-10-9(2)6-7-11(8)10/h5,8,11H,3-4,6-7H2,1-2H3. The van der Waals surface area contributed by atoms with E-state index in [9.17, 15) is 0 Å². The van der Waals surface area contributed by atoms with Gasteiger partial charge in [-0.3, -0.25) is 0 Å². The van der Waals surface area contributed by atoms with Crippen LogP contribution in [0.3, 0.4) is 0 Å². The van der Waals surface area contributed by atoms with E-state index in [1.165, 1.54) is 25.7 Å². The highest BCUT2D eigenvalue weighted by molar-refractivity contribution is 5.30. The van der Waals surface area contributed by atoms with E-state index in [1.54, 1.807) is 11.1 Å². The lowest BCUT2D eigenvalue weighted by Crippen LogP contribution is -2.16. The Balaban J connectivity index is 2.21. The second-order valence-corrected chi connectivity index (χ2v) is 4.14. The maximum absolute atomic E-state index is 2.48. The molecule has 0 aromatic heterocycles. The summed E-state index contributed by atoms with van der Waals surface area (Å²) in [6.07, 6.45) is 8.01. The van der Waals surface area contributed by atoms with Gasteiger partial charge in [-0.05, 0) is 50.9 Å². The maximum Gasteiger partial charge on any atom is -0.0132 e. The molecule has 0 N–H and O–H groups in total. The van der Waals surface area contributed by atoms with Crippen LogP contribution in [0.2, 0.25) is 0 Å². The van der Waals surface area contributed by atoms with Gasteiger partial charge in [0.05, 0.1) is 0 Å². The Hall–Kier alpha value is -0.260. The van der Waals surface area contributed by atoms with E-state index in [0.29, 0.717) is 0 Å². The van der Waals surface area contributed by atoms with Crippen LogP contribution in [0.25, 0.3) is 0 Å². The third kappa shape index (κ3) is 1.13. The molecule has 1 fully saturated rings. The van der Waals surface area contributed by atoms with Gasteiger partial charge < -0.3 is 0 Å². The van der Waals surface area contributed by atoms with Crippen molar-refractivity contribution in [2.45, 2.75) is 39.5 Å². The third-order valence-corrected chi connectivity index (χ3v) is 3.40. The molecule has 1 saturated carbocycles. The predicted octanol–water partition coefficient (Wildman–Crippen LogP) is 3.35. The van der Waals surface area contributed by atoms with E-state index in [1.807, 2.05) is 0 Å². The molecule has 61 valence electrons. The number of allylic oxidation sites excluding steroid dienone is 2. The summed E-state index contributed by atoms with van der Waals surface area (Å²) in [5.41, 5.74) is 3.38. The highest BCUT2D eigenvalue weighted by atomic mass is 14.4. The van der Waals surface area contributed by atoms with E-state index in [-0.39, 0.29) is 0 Å². The van der Waals surface area contributed by atoms with Crippen LogP contribution in [0, 0.1) is 18.3 Å². The summed E-state index contributed by atoms with van der Waals surface area (Å²) in [6.45, 7) is 4.72. The van der Waals surface area contributed by atoms with Crippen molar-refractivity contribution in [1.82, 2.24) is 0 Å². The number of fused-ring (bicyclic) bond motifs is 1. The first-order chi connectivity index (χ1) is 5.29. The molecule has 2 aliphatic rings. The van der Waals surface area contributed by atoms with Crippen LogP contribution in [0.4, 0.5) is 0 Å². The van der Waals surface area contributed by atoms with Gasteiger partial charge in [-0.25, -0.2) is 0 Å². The fourth-order valence-corrected chi connectivity index (χ4v) is 2.61. The Morgan fingerprint density at radius 1 is 1.36 bits per heavy atom. The molecule has 0 spiro atoms. The molecule has 0 aromatic carbocycles. The zero-order valence-electron chi connectivity index (χ0n) is 7.56. The van der Waals surface area contributed by atoms with Crippen molar-refractivity contribution >= 4 is 0 Å². The Labute approximate surface area is 69.7 Å². The lowest BCUT2D eigenvalue weighted by Gasteiger charge is -2.27. The van der Waals surface area contributed by atoms with Crippen LogP contribution >= 0.6 is 0 Å². The van der Waals surface area contributed by atoms with Crippen LogP contribution in [0.5, 0.6) is 0 Å². The van der Waals surface area contributed by atoms with Gasteiger partial charge in [-0.1, -0.05) is 18.1 Å². The summed E-state index contributed by atoms with van der Waals surface area (Å²) in [7, 11) is 0. The second kappa shape index (κ2) is 2.66. The van der Waals surface area contributed by atoms with Crippen LogP contribution in [-0.2, 0) is 0 Å². The smallest absolute Gasteiger partial charge is 0.0132 e. The van der Waals surface area contributed by atoms with Gasteiger partial charge in [0, 0.05) is 0 Å².